The Kier molecular flexibility index (Phi) is 3.76. The van der Waals surface area contributed by atoms with Crippen molar-refractivity contribution in [2.45, 2.75) is 25.6 Å². The fourth-order valence-electron chi connectivity index (χ4n) is 2.31. The quantitative estimate of drug-likeness (QED) is 0.911. The normalized spacial score (nSPS) is 23.8. The summed E-state index contributed by atoms with van der Waals surface area (Å²) in [5.41, 5.74) is 6.79. The standard InChI is InChI=1S/C13H19BrN2O/c1-13(2)9-16(8-10(7-15)17-13)12-6-4-3-5-11(12)14/h3-6,10H,7-9,15H2,1-2H3. The minimum atomic E-state index is -0.155. The Balaban J connectivity index is 2.24. The summed E-state index contributed by atoms with van der Waals surface area (Å²) in [4.78, 5) is 2.34. The summed E-state index contributed by atoms with van der Waals surface area (Å²) in [5, 5.41) is 0. The third kappa shape index (κ3) is 3.00. The third-order valence-corrected chi connectivity index (χ3v) is 3.61. The minimum Gasteiger partial charge on any atom is -0.367 e. The topological polar surface area (TPSA) is 38.5 Å². The molecule has 94 valence electrons. The molecule has 1 aliphatic rings. The van der Waals surface area contributed by atoms with Crippen LogP contribution in [0.2, 0.25) is 0 Å². The molecule has 2 rings (SSSR count). The van der Waals surface area contributed by atoms with Crippen molar-refractivity contribution in [1.82, 2.24) is 0 Å². The lowest BCUT2D eigenvalue weighted by atomic mass is 10.0. The molecule has 0 aliphatic carbocycles. The molecule has 1 aliphatic heterocycles. The van der Waals surface area contributed by atoms with Gasteiger partial charge in [-0.2, -0.15) is 0 Å². The number of rotatable bonds is 2. The van der Waals surface area contributed by atoms with Gasteiger partial charge in [0.15, 0.2) is 0 Å². The van der Waals surface area contributed by atoms with Gasteiger partial charge in [-0.1, -0.05) is 12.1 Å². The summed E-state index contributed by atoms with van der Waals surface area (Å²) in [5.74, 6) is 0. The molecule has 1 unspecified atom stereocenters. The van der Waals surface area contributed by atoms with Crippen molar-refractivity contribution in [1.29, 1.82) is 0 Å². The molecule has 1 aromatic rings. The number of benzene rings is 1. The Bertz CT molecular complexity index is 395. The Morgan fingerprint density at radius 1 is 1.47 bits per heavy atom. The van der Waals surface area contributed by atoms with Gasteiger partial charge in [0.05, 0.1) is 17.4 Å². The lowest BCUT2D eigenvalue weighted by Gasteiger charge is -2.44. The maximum Gasteiger partial charge on any atom is 0.0879 e. The second-order valence-corrected chi connectivity index (χ2v) is 5.92. The van der Waals surface area contributed by atoms with E-state index in [9.17, 15) is 0 Å². The van der Waals surface area contributed by atoms with Gasteiger partial charge in [0.2, 0.25) is 0 Å². The number of para-hydroxylation sites is 1. The van der Waals surface area contributed by atoms with Gasteiger partial charge in [-0.15, -0.1) is 0 Å². The molecule has 2 N–H and O–H groups in total. The molecule has 4 heteroatoms. The van der Waals surface area contributed by atoms with Gasteiger partial charge in [0.25, 0.3) is 0 Å². The van der Waals surface area contributed by atoms with Crippen molar-refractivity contribution in [2.75, 3.05) is 24.5 Å². The summed E-state index contributed by atoms with van der Waals surface area (Å²) in [6.45, 7) is 6.51. The van der Waals surface area contributed by atoms with Gasteiger partial charge in [0, 0.05) is 24.1 Å². The van der Waals surface area contributed by atoms with E-state index < -0.39 is 0 Å². The van der Waals surface area contributed by atoms with Crippen LogP contribution in [0, 0.1) is 0 Å². The highest BCUT2D eigenvalue weighted by Gasteiger charge is 2.33. The molecule has 0 bridgehead atoms. The number of hydrogen-bond donors (Lipinski definition) is 1. The first-order valence-electron chi connectivity index (χ1n) is 5.89. The number of halogens is 1. The van der Waals surface area contributed by atoms with Gasteiger partial charge in [-0.3, -0.25) is 0 Å². The van der Waals surface area contributed by atoms with Crippen LogP contribution in [0.3, 0.4) is 0 Å². The maximum atomic E-state index is 5.93. The highest BCUT2D eigenvalue weighted by molar-refractivity contribution is 9.10. The fraction of sp³-hybridized carbons (Fsp3) is 0.538. The van der Waals surface area contributed by atoms with Crippen LogP contribution in [-0.4, -0.2) is 31.3 Å². The average molecular weight is 299 g/mol. The molecule has 0 spiro atoms. The van der Waals surface area contributed by atoms with Crippen LogP contribution in [0.1, 0.15) is 13.8 Å². The van der Waals surface area contributed by atoms with E-state index >= 15 is 0 Å². The molecule has 0 aromatic heterocycles. The minimum absolute atomic E-state index is 0.103. The van der Waals surface area contributed by atoms with Crippen molar-refractivity contribution in [3.8, 4) is 0 Å². The summed E-state index contributed by atoms with van der Waals surface area (Å²) in [6.07, 6.45) is 0.103. The van der Waals surface area contributed by atoms with Gasteiger partial charge in [0.1, 0.15) is 0 Å². The highest BCUT2D eigenvalue weighted by atomic mass is 79.9. The maximum absolute atomic E-state index is 5.93. The summed E-state index contributed by atoms with van der Waals surface area (Å²) in [7, 11) is 0. The first-order chi connectivity index (χ1) is 8.02. The van der Waals surface area contributed by atoms with E-state index in [1.807, 2.05) is 6.07 Å². The molecule has 1 saturated heterocycles. The molecule has 1 heterocycles. The van der Waals surface area contributed by atoms with E-state index in [4.69, 9.17) is 10.5 Å². The first-order valence-corrected chi connectivity index (χ1v) is 6.68. The van der Waals surface area contributed by atoms with Crippen LogP contribution < -0.4 is 10.6 Å². The zero-order valence-electron chi connectivity index (χ0n) is 10.3. The SMILES string of the molecule is CC1(C)CN(c2ccccc2Br)CC(CN)O1. The van der Waals surface area contributed by atoms with Crippen molar-refractivity contribution in [2.24, 2.45) is 5.73 Å². The predicted molar refractivity (Wildman–Crippen MR) is 74.4 cm³/mol. The van der Waals surface area contributed by atoms with E-state index in [0.29, 0.717) is 6.54 Å². The number of nitrogens with two attached hydrogens (primary N) is 1. The second-order valence-electron chi connectivity index (χ2n) is 5.07. The van der Waals surface area contributed by atoms with Crippen molar-refractivity contribution >= 4 is 21.6 Å². The Morgan fingerprint density at radius 2 is 2.18 bits per heavy atom. The number of nitrogens with zero attached hydrogens (tertiary/aromatic N) is 1. The largest absolute Gasteiger partial charge is 0.367 e. The lowest BCUT2D eigenvalue weighted by molar-refractivity contribution is -0.0788. The van der Waals surface area contributed by atoms with Crippen LogP contribution in [0.25, 0.3) is 0 Å². The van der Waals surface area contributed by atoms with Gasteiger partial charge in [-0.25, -0.2) is 0 Å². The zero-order valence-corrected chi connectivity index (χ0v) is 11.9. The van der Waals surface area contributed by atoms with Crippen LogP contribution in [0.5, 0.6) is 0 Å². The van der Waals surface area contributed by atoms with Crippen LogP contribution in [0.15, 0.2) is 28.7 Å². The molecule has 1 fully saturated rings. The van der Waals surface area contributed by atoms with E-state index in [0.717, 1.165) is 17.6 Å². The van der Waals surface area contributed by atoms with Crippen LogP contribution >= 0.6 is 15.9 Å². The number of anilines is 1. The molecule has 17 heavy (non-hydrogen) atoms. The predicted octanol–water partition coefficient (Wildman–Crippen LogP) is 2.39. The first kappa shape index (κ1) is 12.9. The van der Waals surface area contributed by atoms with Gasteiger partial charge in [-0.05, 0) is 41.9 Å². The van der Waals surface area contributed by atoms with Gasteiger partial charge >= 0.3 is 0 Å². The van der Waals surface area contributed by atoms with E-state index in [1.165, 1.54) is 5.69 Å². The third-order valence-electron chi connectivity index (χ3n) is 2.94. The Labute approximate surface area is 111 Å². The van der Waals surface area contributed by atoms with E-state index in [1.54, 1.807) is 0 Å². The summed E-state index contributed by atoms with van der Waals surface area (Å²) >= 11 is 3.60. The smallest absolute Gasteiger partial charge is 0.0879 e. The van der Waals surface area contributed by atoms with Gasteiger partial charge < -0.3 is 15.4 Å². The number of hydrogen-bond acceptors (Lipinski definition) is 3. The monoisotopic (exact) mass is 298 g/mol. The average Bonchev–Trinajstić information content (AvgIpc) is 2.27. The highest BCUT2D eigenvalue weighted by Crippen LogP contribution is 2.30. The van der Waals surface area contributed by atoms with Crippen LogP contribution in [-0.2, 0) is 4.74 Å². The van der Waals surface area contributed by atoms with Crippen molar-refractivity contribution in [3.05, 3.63) is 28.7 Å². The zero-order chi connectivity index (χ0) is 12.5. The lowest BCUT2D eigenvalue weighted by Crippen LogP contribution is -2.55. The Hall–Kier alpha value is -0.580. The molecular formula is C13H19BrN2O. The molecule has 0 amide bonds. The van der Waals surface area contributed by atoms with Crippen LogP contribution in [0.4, 0.5) is 5.69 Å². The van der Waals surface area contributed by atoms with Crippen molar-refractivity contribution < 1.29 is 4.74 Å². The fourth-order valence-corrected chi connectivity index (χ4v) is 2.85. The molecule has 0 saturated carbocycles. The Morgan fingerprint density at radius 3 is 2.82 bits per heavy atom. The van der Waals surface area contributed by atoms with E-state index in [2.05, 4.69) is 52.9 Å². The molecule has 3 nitrogen and oxygen atoms in total. The molecule has 0 radical (unpaired) electrons. The molecule has 1 atom stereocenters. The second kappa shape index (κ2) is 4.96. The van der Waals surface area contributed by atoms with Crippen molar-refractivity contribution in [3.63, 3.8) is 0 Å². The molecule has 1 aromatic carbocycles. The summed E-state index contributed by atoms with van der Waals surface area (Å²) < 4.78 is 7.05. The van der Waals surface area contributed by atoms with E-state index in [-0.39, 0.29) is 11.7 Å². The number of ether oxygens (including phenoxy) is 1. The summed E-state index contributed by atoms with van der Waals surface area (Å²) in [6, 6.07) is 8.27. The molecular weight excluding hydrogens is 280 g/mol. The number of morpholine rings is 1.